The summed E-state index contributed by atoms with van der Waals surface area (Å²) in [5.41, 5.74) is 0.868. The summed E-state index contributed by atoms with van der Waals surface area (Å²) in [5.74, 6) is -0.00500. The Morgan fingerprint density at radius 2 is 1.86 bits per heavy atom. The van der Waals surface area contributed by atoms with E-state index < -0.39 is 10.0 Å². The third-order valence-corrected chi connectivity index (χ3v) is 4.45. The molecule has 0 aliphatic heterocycles. The Bertz CT molecular complexity index is 541. The molecule has 0 spiro atoms. The van der Waals surface area contributed by atoms with Crippen molar-refractivity contribution in [1.29, 1.82) is 0 Å². The van der Waals surface area contributed by atoms with E-state index >= 15 is 0 Å². The van der Waals surface area contributed by atoms with Crippen molar-refractivity contribution in [3.05, 3.63) is 29.8 Å². The van der Waals surface area contributed by atoms with Crippen molar-refractivity contribution >= 4 is 15.9 Å². The highest BCUT2D eigenvalue weighted by molar-refractivity contribution is 7.89. The summed E-state index contributed by atoms with van der Waals surface area (Å²) in [5, 5.41) is 5.79. The standard InChI is InChI=1S/C14H23N3O3S/c1-3-17-21(19,20)13-8-6-12(7-9-13)11-16-14(18)5-4-10-15-2/h6-9,15,17H,3-5,10-11H2,1-2H3,(H,16,18). The van der Waals surface area contributed by atoms with E-state index in [2.05, 4.69) is 15.4 Å². The van der Waals surface area contributed by atoms with Gasteiger partial charge in [-0.05, 0) is 37.7 Å². The first-order valence-corrected chi connectivity index (χ1v) is 8.48. The lowest BCUT2D eigenvalue weighted by Crippen LogP contribution is -2.24. The lowest BCUT2D eigenvalue weighted by atomic mass is 10.2. The van der Waals surface area contributed by atoms with Gasteiger partial charge in [-0.2, -0.15) is 0 Å². The first-order chi connectivity index (χ1) is 9.99. The van der Waals surface area contributed by atoms with E-state index in [-0.39, 0.29) is 10.8 Å². The molecule has 0 heterocycles. The van der Waals surface area contributed by atoms with Crippen LogP contribution in [0.2, 0.25) is 0 Å². The SMILES string of the molecule is CCNS(=O)(=O)c1ccc(CNC(=O)CCCNC)cc1. The molecule has 0 fully saturated rings. The highest BCUT2D eigenvalue weighted by atomic mass is 32.2. The van der Waals surface area contributed by atoms with Crippen molar-refractivity contribution in [2.75, 3.05) is 20.1 Å². The molecule has 0 atom stereocenters. The summed E-state index contributed by atoms with van der Waals surface area (Å²) >= 11 is 0. The normalized spacial score (nSPS) is 11.3. The van der Waals surface area contributed by atoms with E-state index in [1.807, 2.05) is 7.05 Å². The highest BCUT2D eigenvalue weighted by Gasteiger charge is 2.11. The Morgan fingerprint density at radius 1 is 1.19 bits per heavy atom. The summed E-state index contributed by atoms with van der Waals surface area (Å²) in [4.78, 5) is 11.8. The van der Waals surface area contributed by atoms with Crippen LogP contribution < -0.4 is 15.4 Å². The molecule has 1 aromatic carbocycles. The second-order valence-corrected chi connectivity index (χ2v) is 6.40. The maximum absolute atomic E-state index is 11.8. The molecule has 0 saturated carbocycles. The van der Waals surface area contributed by atoms with E-state index in [9.17, 15) is 13.2 Å². The number of hydrogen-bond acceptors (Lipinski definition) is 4. The zero-order valence-corrected chi connectivity index (χ0v) is 13.3. The largest absolute Gasteiger partial charge is 0.352 e. The van der Waals surface area contributed by atoms with Gasteiger partial charge in [0.05, 0.1) is 4.90 Å². The number of sulfonamides is 1. The third kappa shape index (κ3) is 6.24. The molecule has 1 aromatic rings. The first-order valence-electron chi connectivity index (χ1n) is 6.99. The van der Waals surface area contributed by atoms with Gasteiger partial charge in [0.2, 0.25) is 15.9 Å². The van der Waals surface area contributed by atoms with E-state index in [0.717, 1.165) is 18.5 Å². The molecular weight excluding hydrogens is 290 g/mol. The predicted octanol–water partition coefficient (Wildman–Crippen LogP) is 0.601. The van der Waals surface area contributed by atoms with Crippen molar-refractivity contribution in [3.63, 3.8) is 0 Å². The van der Waals surface area contributed by atoms with Gasteiger partial charge in [0.25, 0.3) is 0 Å². The number of nitrogens with one attached hydrogen (secondary N) is 3. The Morgan fingerprint density at radius 3 is 2.43 bits per heavy atom. The van der Waals surface area contributed by atoms with Crippen LogP contribution in [0.25, 0.3) is 0 Å². The molecule has 1 rings (SSSR count). The molecule has 21 heavy (non-hydrogen) atoms. The minimum atomic E-state index is -3.42. The van der Waals surface area contributed by atoms with Crippen LogP contribution in [-0.4, -0.2) is 34.5 Å². The smallest absolute Gasteiger partial charge is 0.240 e. The molecule has 1 amide bonds. The zero-order valence-electron chi connectivity index (χ0n) is 12.5. The number of hydrogen-bond donors (Lipinski definition) is 3. The van der Waals surface area contributed by atoms with Crippen molar-refractivity contribution in [2.45, 2.75) is 31.2 Å². The summed E-state index contributed by atoms with van der Waals surface area (Å²) in [6.45, 7) is 3.30. The molecule has 0 aliphatic carbocycles. The van der Waals surface area contributed by atoms with Crippen molar-refractivity contribution in [3.8, 4) is 0 Å². The highest BCUT2D eigenvalue weighted by Crippen LogP contribution is 2.10. The van der Waals surface area contributed by atoms with E-state index in [0.29, 0.717) is 19.5 Å². The summed E-state index contributed by atoms with van der Waals surface area (Å²) in [6.07, 6.45) is 1.27. The quantitative estimate of drug-likeness (QED) is 0.583. The maximum Gasteiger partial charge on any atom is 0.240 e. The molecule has 0 radical (unpaired) electrons. The van der Waals surface area contributed by atoms with E-state index in [4.69, 9.17) is 0 Å². The topological polar surface area (TPSA) is 87.3 Å². The third-order valence-electron chi connectivity index (χ3n) is 2.89. The molecule has 118 valence electrons. The minimum Gasteiger partial charge on any atom is -0.352 e. The molecule has 0 aliphatic rings. The van der Waals surface area contributed by atoms with Crippen LogP contribution in [0.3, 0.4) is 0 Å². The van der Waals surface area contributed by atoms with Crippen molar-refractivity contribution in [2.24, 2.45) is 0 Å². The molecule has 7 heteroatoms. The molecule has 0 unspecified atom stereocenters. The molecular formula is C14H23N3O3S. The molecule has 3 N–H and O–H groups in total. The fourth-order valence-corrected chi connectivity index (χ4v) is 2.82. The van der Waals surface area contributed by atoms with Crippen LogP contribution in [0, 0.1) is 0 Å². The Balaban J connectivity index is 2.50. The van der Waals surface area contributed by atoms with Gasteiger partial charge in [0.15, 0.2) is 0 Å². The zero-order chi connectivity index (χ0) is 15.7. The van der Waals surface area contributed by atoms with E-state index in [1.54, 1.807) is 31.2 Å². The fourth-order valence-electron chi connectivity index (χ4n) is 1.77. The van der Waals surface area contributed by atoms with Crippen LogP contribution >= 0.6 is 0 Å². The van der Waals surface area contributed by atoms with Gasteiger partial charge in [0.1, 0.15) is 0 Å². The summed E-state index contributed by atoms with van der Waals surface area (Å²) in [6, 6.07) is 6.50. The van der Waals surface area contributed by atoms with Crippen LogP contribution in [-0.2, 0) is 21.4 Å². The van der Waals surface area contributed by atoms with Gasteiger partial charge in [-0.1, -0.05) is 19.1 Å². The number of carbonyl (C=O) groups excluding carboxylic acids is 1. The van der Waals surface area contributed by atoms with Crippen LogP contribution in [0.5, 0.6) is 0 Å². The molecule has 6 nitrogen and oxygen atoms in total. The second kappa shape index (κ2) is 8.76. The van der Waals surface area contributed by atoms with Crippen LogP contribution in [0.4, 0.5) is 0 Å². The van der Waals surface area contributed by atoms with Crippen molar-refractivity contribution in [1.82, 2.24) is 15.4 Å². The molecule has 0 saturated heterocycles. The average Bonchev–Trinajstić information content (AvgIpc) is 2.46. The maximum atomic E-state index is 11.8. The van der Waals surface area contributed by atoms with Crippen molar-refractivity contribution < 1.29 is 13.2 Å². The second-order valence-electron chi connectivity index (χ2n) is 4.63. The first kappa shape index (κ1) is 17.6. The Labute approximate surface area is 126 Å². The lowest BCUT2D eigenvalue weighted by molar-refractivity contribution is -0.121. The summed E-state index contributed by atoms with van der Waals surface area (Å²) in [7, 11) is -1.57. The number of rotatable bonds is 9. The van der Waals surface area contributed by atoms with Gasteiger partial charge >= 0.3 is 0 Å². The van der Waals surface area contributed by atoms with Crippen LogP contribution in [0.1, 0.15) is 25.3 Å². The lowest BCUT2D eigenvalue weighted by Gasteiger charge is -2.07. The monoisotopic (exact) mass is 313 g/mol. The average molecular weight is 313 g/mol. The fraction of sp³-hybridized carbons (Fsp3) is 0.500. The van der Waals surface area contributed by atoms with Gasteiger partial charge in [0, 0.05) is 19.5 Å². The number of benzene rings is 1. The van der Waals surface area contributed by atoms with Gasteiger partial charge in [-0.3, -0.25) is 4.79 Å². The minimum absolute atomic E-state index is 0.00500. The van der Waals surface area contributed by atoms with Gasteiger partial charge in [-0.25, -0.2) is 13.1 Å². The Hall–Kier alpha value is -1.44. The predicted molar refractivity (Wildman–Crippen MR) is 82.3 cm³/mol. The Kier molecular flexibility index (Phi) is 7.35. The molecule has 0 aromatic heterocycles. The number of carbonyl (C=O) groups is 1. The van der Waals surface area contributed by atoms with Gasteiger partial charge in [-0.15, -0.1) is 0 Å². The summed E-state index contributed by atoms with van der Waals surface area (Å²) < 4.78 is 26.0. The van der Waals surface area contributed by atoms with E-state index in [1.165, 1.54) is 0 Å². The van der Waals surface area contributed by atoms with Gasteiger partial charge < -0.3 is 10.6 Å². The number of amides is 1. The molecule has 0 bridgehead atoms. The van der Waals surface area contributed by atoms with Crippen LogP contribution in [0.15, 0.2) is 29.2 Å².